The second kappa shape index (κ2) is 7.37. The molecule has 1 aliphatic carbocycles. The molecule has 2 saturated heterocycles. The topological polar surface area (TPSA) is 32.3 Å². The summed E-state index contributed by atoms with van der Waals surface area (Å²) in [5.41, 5.74) is 0. The molecule has 0 aromatic carbocycles. The molecule has 0 radical (unpaired) electrons. The Kier molecular flexibility index (Phi) is 6.06. The van der Waals surface area contributed by atoms with Crippen molar-refractivity contribution in [1.82, 2.24) is 10.2 Å². The monoisotopic (exact) mass is 318 g/mol. The highest BCUT2D eigenvalue weighted by molar-refractivity contribution is 8.00. The van der Waals surface area contributed by atoms with Crippen molar-refractivity contribution in [3.63, 3.8) is 0 Å². The Morgan fingerprint density at radius 3 is 2.65 bits per heavy atom. The molecule has 3 aliphatic rings. The summed E-state index contributed by atoms with van der Waals surface area (Å²) in [6.07, 6.45) is 10.2. The number of hydrogen-bond acceptors (Lipinski definition) is 3. The normalized spacial score (nSPS) is 29.8. The van der Waals surface area contributed by atoms with Gasteiger partial charge < -0.3 is 10.2 Å². The summed E-state index contributed by atoms with van der Waals surface area (Å²) < 4.78 is 0.404. The molecule has 1 amide bonds. The molecule has 116 valence electrons. The van der Waals surface area contributed by atoms with Crippen LogP contribution in [0.15, 0.2) is 0 Å². The zero-order chi connectivity index (χ0) is 13.1. The highest BCUT2D eigenvalue weighted by Gasteiger charge is 2.40. The van der Waals surface area contributed by atoms with Gasteiger partial charge in [-0.05, 0) is 32.2 Å². The second-order valence-electron chi connectivity index (χ2n) is 6.35. The quantitative estimate of drug-likeness (QED) is 0.807. The fourth-order valence-electron chi connectivity index (χ4n) is 3.81. The molecule has 1 saturated carbocycles. The summed E-state index contributed by atoms with van der Waals surface area (Å²) in [6, 6.07) is 0.109. The molecule has 1 atom stereocenters. The summed E-state index contributed by atoms with van der Waals surface area (Å²) in [7, 11) is 0. The smallest absolute Gasteiger partial charge is 0.239 e. The number of carbonyl (C=O) groups is 1. The van der Waals surface area contributed by atoms with Crippen molar-refractivity contribution in [2.24, 2.45) is 0 Å². The second-order valence-corrected chi connectivity index (χ2v) is 7.92. The van der Waals surface area contributed by atoms with Gasteiger partial charge in [0.15, 0.2) is 0 Å². The highest BCUT2D eigenvalue weighted by Crippen LogP contribution is 2.42. The molecule has 2 heterocycles. The molecule has 1 spiro atoms. The minimum atomic E-state index is 0. The first kappa shape index (κ1) is 16.4. The van der Waals surface area contributed by atoms with E-state index in [1.165, 1.54) is 44.9 Å². The average Bonchev–Trinajstić information content (AvgIpc) is 2.48. The minimum absolute atomic E-state index is 0. The first-order valence-corrected chi connectivity index (χ1v) is 8.94. The van der Waals surface area contributed by atoms with Crippen molar-refractivity contribution < 1.29 is 4.79 Å². The van der Waals surface area contributed by atoms with E-state index in [9.17, 15) is 4.79 Å². The Morgan fingerprint density at radius 2 is 1.95 bits per heavy atom. The molecule has 0 aromatic heterocycles. The molecule has 0 aromatic rings. The van der Waals surface area contributed by atoms with Crippen LogP contribution in [0.4, 0.5) is 0 Å². The van der Waals surface area contributed by atoms with Crippen LogP contribution in [0.2, 0.25) is 0 Å². The van der Waals surface area contributed by atoms with E-state index in [0.717, 1.165) is 31.8 Å². The molecule has 3 rings (SSSR count). The van der Waals surface area contributed by atoms with Gasteiger partial charge >= 0.3 is 0 Å². The van der Waals surface area contributed by atoms with Gasteiger partial charge in [-0.15, -0.1) is 12.4 Å². The fourth-order valence-corrected chi connectivity index (χ4v) is 5.38. The van der Waals surface area contributed by atoms with Gasteiger partial charge in [-0.25, -0.2) is 0 Å². The number of carbonyl (C=O) groups excluding carboxylic acids is 1. The molecular weight excluding hydrogens is 292 g/mol. The van der Waals surface area contributed by atoms with E-state index in [0.29, 0.717) is 10.7 Å². The molecule has 1 unspecified atom stereocenters. The lowest BCUT2D eigenvalue weighted by Crippen LogP contribution is -2.55. The lowest BCUT2D eigenvalue weighted by molar-refractivity contribution is -0.134. The van der Waals surface area contributed by atoms with E-state index in [1.54, 1.807) is 0 Å². The third-order valence-electron chi connectivity index (χ3n) is 4.93. The van der Waals surface area contributed by atoms with Crippen LogP contribution in [0.1, 0.15) is 51.4 Å². The number of thioether (sulfide) groups is 1. The van der Waals surface area contributed by atoms with Crippen LogP contribution in [-0.2, 0) is 4.79 Å². The molecule has 3 nitrogen and oxygen atoms in total. The van der Waals surface area contributed by atoms with E-state index in [1.807, 2.05) is 0 Å². The van der Waals surface area contributed by atoms with Crippen LogP contribution < -0.4 is 5.32 Å². The number of nitrogens with zero attached hydrogens (tertiary/aromatic N) is 1. The Hall–Kier alpha value is 0.0700. The van der Waals surface area contributed by atoms with Crippen molar-refractivity contribution in [2.75, 3.05) is 25.4 Å². The third-order valence-corrected chi connectivity index (χ3v) is 6.47. The van der Waals surface area contributed by atoms with Crippen LogP contribution in [0.25, 0.3) is 0 Å². The summed E-state index contributed by atoms with van der Waals surface area (Å²) in [5.74, 6) is 1.52. The Morgan fingerprint density at radius 1 is 1.15 bits per heavy atom. The molecule has 0 bridgehead atoms. The first-order chi connectivity index (χ1) is 9.29. The maximum absolute atomic E-state index is 12.6. The van der Waals surface area contributed by atoms with Crippen molar-refractivity contribution in [1.29, 1.82) is 0 Å². The van der Waals surface area contributed by atoms with Crippen LogP contribution >= 0.6 is 24.2 Å². The molecular formula is C15H27ClN2OS. The van der Waals surface area contributed by atoms with Gasteiger partial charge in [0.1, 0.15) is 0 Å². The lowest BCUT2D eigenvalue weighted by atomic mass is 9.87. The molecule has 2 aliphatic heterocycles. The van der Waals surface area contributed by atoms with Gasteiger partial charge in [0.05, 0.1) is 6.04 Å². The first-order valence-electron chi connectivity index (χ1n) is 7.95. The fraction of sp³-hybridized carbons (Fsp3) is 0.933. The zero-order valence-corrected chi connectivity index (χ0v) is 13.9. The van der Waals surface area contributed by atoms with E-state index >= 15 is 0 Å². The maximum atomic E-state index is 12.6. The van der Waals surface area contributed by atoms with E-state index < -0.39 is 0 Å². The summed E-state index contributed by atoms with van der Waals surface area (Å²) in [4.78, 5) is 14.8. The number of hydrogen-bond donors (Lipinski definition) is 1. The molecule has 5 heteroatoms. The van der Waals surface area contributed by atoms with Crippen LogP contribution in [0.5, 0.6) is 0 Å². The van der Waals surface area contributed by atoms with Crippen molar-refractivity contribution in [2.45, 2.75) is 62.2 Å². The number of piperidine rings is 1. The van der Waals surface area contributed by atoms with Gasteiger partial charge in [-0.2, -0.15) is 11.8 Å². The van der Waals surface area contributed by atoms with Crippen molar-refractivity contribution >= 4 is 30.1 Å². The van der Waals surface area contributed by atoms with Crippen LogP contribution in [0, 0.1) is 0 Å². The molecule has 20 heavy (non-hydrogen) atoms. The predicted molar refractivity (Wildman–Crippen MR) is 87.7 cm³/mol. The molecule has 1 N–H and O–H groups in total. The van der Waals surface area contributed by atoms with Gasteiger partial charge in [-0.3, -0.25) is 4.79 Å². The van der Waals surface area contributed by atoms with Gasteiger partial charge in [-0.1, -0.05) is 25.7 Å². The number of nitrogens with one attached hydrogen (secondary N) is 1. The third kappa shape index (κ3) is 3.63. The lowest BCUT2D eigenvalue weighted by Gasteiger charge is -2.45. The van der Waals surface area contributed by atoms with Crippen molar-refractivity contribution in [3.8, 4) is 0 Å². The Bertz CT molecular complexity index is 322. The van der Waals surface area contributed by atoms with Gasteiger partial charge in [0, 0.05) is 23.6 Å². The van der Waals surface area contributed by atoms with Gasteiger partial charge in [0.25, 0.3) is 0 Å². The van der Waals surface area contributed by atoms with Gasteiger partial charge in [0.2, 0.25) is 5.91 Å². The number of rotatable bonds is 1. The Balaban J connectivity index is 0.00000147. The standard InChI is InChI=1S/C15H26N2OS.ClH/c18-14(13-6-2-5-9-16-13)17-10-11-19-15(12-17)7-3-1-4-8-15;/h13,16H,1-12H2;1H. The van der Waals surface area contributed by atoms with E-state index in [-0.39, 0.29) is 18.4 Å². The number of amides is 1. The largest absolute Gasteiger partial charge is 0.339 e. The zero-order valence-electron chi connectivity index (χ0n) is 12.2. The summed E-state index contributed by atoms with van der Waals surface area (Å²) in [6.45, 7) is 2.99. The number of halogens is 1. The highest BCUT2D eigenvalue weighted by atomic mass is 35.5. The van der Waals surface area contributed by atoms with E-state index in [4.69, 9.17) is 0 Å². The predicted octanol–water partition coefficient (Wildman–Crippen LogP) is 2.83. The SMILES string of the molecule is Cl.O=C(C1CCCCN1)N1CCSC2(CCCCC2)C1. The Labute approximate surface area is 133 Å². The summed E-state index contributed by atoms with van der Waals surface area (Å²) in [5, 5.41) is 3.41. The molecule has 3 fully saturated rings. The average molecular weight is 319 g/mol. The van der Waals surface area contributed by atoms with E-state index in [2.05, 4.69) is 22.0 Å². The van der Waals surface area contributed by atoms with Crippen LogP contribution in [0.3, 0.4) is 0 Å². The maximum Gasteiger partial charge on any atom is 0.239 e. The minimum Gasteiger partial charge on any atom is -0.339 e. The van der Waals surface area contributed by atoms with Crippen LogP contribution in [-0.4, -0.2) is 47.0 Å². The van der Waals surface area contributed by atoms with Crippen molar-refractivity contribution in [3.05, 3.63) is 0 Å². The summed E-state index contributed by atoms with van der Waals surface area (Å²) >= 11 is 2.14.